The van der Waals surface area contributed by atoms with Gasteiger partial charge in [0, 0.05) is 4.47 Å². The van der Waals surface area contributed by atoms with Gasteiger partial charge in [-0.2, -0.15) is 0 Å². The first-order valence-electron chi connectivity index (χ1n) is 5.37. The summed E-state index contributed by atoms with van der Waals surface area (Å²) in [5.41, 5.74) is 6.09. The molecule has 4 nitrogen and oxygen atoms in total. The van der Waals surface area contributed by atoms with Gasteiger partial charge in [0.05, 0.1) is 17.6 Å². The SMILES string of the molecule is Nc1ccc(Nc2ccc(Br)cc2OC(F)(F)F)cn1. The lowest BCUT2D eigenvalue weighted by atomic mass is 10.2. The smallest absolute Gasteiger partial charge is 0.404 e. The summed E-state index contributed by atoms with van der Waals surface area (Å²) in [6.45, 7) is 0. The highest BCUT2D eigenvalue weighted by atomic mass is 79.9. The molecule has 1 aromatic carbocycles. The zero-order chi connectivity index (χ0) is 14.8. The van der Waals surface area contributed by atoms with E-state index in [0.29, 0.717) is 16.0 Å². The van der Waals surface area contributed by atoms with Crippen molar-refractivity contribution in [1.29, 1.82) is 0 Å². The van der Waals surface area contributed by atoms with Gasteiger partial charge in [0.25, 0.3) is 0 Å². The van der Waals surface area contributed by atoms with Crippen LogP contribution in [-0.2, 0) is 0 Å². The van der Waals surface area contributed by atoms with Crippen molar-refractivity contribution < 1.29 is 17.9 Å². The van der Waals surface area contributed by atoms with Gasteiger partial charge >= 0.3 is 6.36 Å². The van der Waals surface area contributed by atoms with E-state index in [4.69, 9.17) is 5.73 Å². The Hall–Kier alpha value is -1.96. The second-order valence-electron chi connectivity index (χ2n) is 3.79. The number of ether oxygens (including phenoxy) is 1. The molecule has 106 valence electrons. The zero-order valence-electron chi connectivity index (χ0n) is 9.91. The molecule has 0 bridgehead atoms. The molecule has 2 rings (SSSR count). The van der Waals surface area contributed by atoms with Gasteiger partial charge in [-0.25, -0.2) is 4.98 Å². The van der Waals surface area contributed by atoms with Crippen molar-refractivity contribution in [3.8, 4) is 5.75 Å². The third-order valence-corrected chi connectivity index (χ3v) is 2.73. The molecule has 0 fully saturated rings. The topological polar surface area (TPSA) is 60.2 Å². The Kier molecular flexibility index (Phi) is 4.03. The van der Waals surface area contributed by atoms with Crippen LogP contribution in [0.4, 0.5) is 30.4 Å². The fourth-order valence-electron chi connectivity index (χ4n) is 1.44. The van der Waals surface area contributed by atoms with E-state index in [1.165, 1.54) is 24.4 Å². The summed E-state index contributed by atoms with van der Waals surface area (Å²) in [6.07, 6.45) is -3.36. The van der Waals surface area contributed by atoms with Gasteiger partial charge in [-0.05, 0) is 30.3 Å². The molecule has 20 heavy (non-hydrogen) atoms. The molecule has 0 saturated heterocycles. The van der Waals surface area contributed by atoms with Crippen LogP contribution in [0.15, 0.2) is 41.0 Å². The van der Waals surface area contributed by atoms with Crippen molar-refractivity contribution in [2.45, 2.75) is 6.36 Å². The van der Waals surface area contributed by atoms with Gasteiger partial charge in [0.1, 0.15) is 5.82 Å². The molecule has 0 radical (unpaired) electrons. The minimum absolute atomic E-state index is 0.164. The van der Waals surface area contributed by atoms with Gasteiger partial charge in [0.15, 0.2) is 5.75 Å². The van der Waals surface area contributed by atoms with Gasteiger partial charge in [-0.1, -0.05) is 15.9 Å². The van der Waals surface area contributed by atoms with Gasteiger partial charge in [0.2, 0.25) is 0 Å². The molecular weight excluding hydrogens is 339 g/mol. The molecule has 1 heterocycles. The van der Waals surface area contributed by atoms with Gasteiger partial charge in [-0.15, -0.1) is 13.2 Å². The lowest BCUT2D eigenvalue weighted by molar-refractivity contribution is -0.274. The maximum absolute atomic E-state index is 12.4. The minimum Gasteiger partial charge on any atom is -0.404 e. The average molecular weight is 348 g/mol. The number of nitrogen functional groups attached to an aromatic ring is 1. The van der Waals surface area contributed by atoms with Crippen LogP contribution in [0.1, 0.15) is 0 Å². The highest BCUT2D eigenvalue weighted by Crippen LogP contribution is 2.34. The van der Waals surface area contributed by atoms with Crippen LogP contribution in [0.5, 0.6) is 5.75 Å². The first kappa shape index (κ1) is 14.4. The number of halogens is 4. The predicted octanol–water partition coefficient (Wildman–Crippen LogP) is 4.07. The molecule has 0 saturated carbocycles. The third-order valence-electron chi connectivity index (χ3n) is 2.23. The summed E-state index contributed by atoms with van der Waals surface area (Å²) in [7, 11) is 0. The van der Waals surface area contributed by atoms with Crippen LogP contribution in [0, 0.1) is 0 Å². The molecule has 0 aliphatic carbocycles. The lowest BCUT2D eigenvalue weighted by Crippen LogP contribution is -2.18. The fraction of sp³-hybridized carbons (Fsp3) is 0.0833. The van der Waals surface area contributed by atoms with Crippen molar-refractivity contribution in [3.63, 3.8) is 0 Å². The van der Waals surface area contributed by atoms with Crippen molar-refractivity contribution in [3.05, 3.63) is 41.0 Å². The summed E-state index contributed by atoms with van der Waals surface area (Å²) in [4.78, 5) is 3.84. The van der Waals surface area contributed by atoms with E-state index < -0.39 is 6.36 Å². The first-order valence-corrected chi connectivity index (χ1v) is 6.17. The number of nitrogens with zero attached hydrogens (tertiary/aromatic N) is 1. The number of pyridine rings is 1. The predicted molar refractivity (Wildman–Crippen MR) is 72.8 cm³/mol. The third kappa shape index (κ3) is 4.02. The van der Waals surface area contributed by atoms with Crippen LogP contribution >= 0.6 is 15.9 Å². The monoisotopic (exact) mass is 347 g/mol. The van der Waals surface area contributed by atoms with Crippen LogP contribution in [0.25, 0.3) is 0 Å². The van der Waals surface area contributed by atoms with Crippen molar-refractivity contribution in [2.75, 3.05) is 11.1 Å². The molecule has 1 aromatic heterocycles. The molecule has 0 atom stereocenters. The van der Waals surface area contributed by atoms with E-state index >= 15 is 0 Å². The normalized spacial score (nSPS) is 11.2. The van der Waals surface area contributed by atoms with Gasteiger partial charge < -0.3 is 15.8 Å². The lowest BCUT2D eigenvalue weighted by Gasteiger charge is -2.15. The van der Waals surface area contributed by atoms with Crippen LogP contribution in [0.3, 0.4) is 0 Å². The van der Waals surface area contributed by atoms with Crippen molar-refractivity contribution in [2.24, 2.45) is 0 Å². The van der Waals surface area contributed by atoms with Crippen LogP contribution < -0.4 is 15.8 Å². The number of aromatic nitrogens is 1. The average Bonchev–Trinajstić information content (AvgIpc) is 2.33. The Balaban J connectivity index is 2.28. The Morgan fingerprint density at radius 3 is 2.55 bits per heavy atom. The molecule has 0 spiro atoms. The van der Waals surface area contributed by atoms with Crippen molar-refractivity contribution >= 4 is 33.1 Å². The van der Waals surface area contributed by atoms with E-state index in [9.17, 15) is 13.2 Å². The number of nitrogens with one attached hydrogen (secondary N) is 1. The van der Waals surface area contributed by atoms with E-state index in [0.717, 1.165) is 0 Å². The number of rotatable bonds is 3. The molecule has 0 aliphatic heterocycles. The number of hydrogen-bond donors (Lipinski definition) is 2. The maximum Gasteiger partial charge on any atom is 0.573 e. The quantitative estimate of drug-likeness (QED) is 0.878. The highest BCUT2D eigenvalue weighted by Gasteiger charge is 2.32. The minimum atomic E-state index is -4.77. The molecule has 2 aromatic rings. The summed E-state index contributed by atoms with van der Waals surface area (Å²) in [5, 5.41) is 2.79. The first-order chi connectivity index (χ1) is 9.33. The second-order valence-corrected chi connectivity index (χ2v) is 4.70. The molecule has 3 N–H and O–H groups in total. The van der Waals surface area contributed by atoms with Gasteiger partial charge in [-0.3, -0.25) is 0 Å². The Morgan fingerprint density at radius 1 is 1.20 bits per heavy atom. The summed E-state index contributed by atoms with van der Waals surface area (Å²) in [5.74, 6) is -0.0261. The number of hydrogen-bond acceptors (Lipinski definition) is 4. The summed E-state index contributed by atoms with van der Waals surface area (Å²) in [6, 6.07) is 7.41. The van der Waals surface area contributed by atoms with E-state index in [1.807, 2.05) is 0 Å². The molecule has 0 amide bonds. The largest absolute Gasteiger partial charge is 0.573 e. The molecule has 0 aliphatic rings. The Morgan fingerprint density at radius 2 is 1.95 bits per heavy atom. The summed E-state index contributed by atoms with van der Waals surface area (Å²) < 4.78 is 41.5. The molecule has 8 heteroatoms. The van der Waals surface area contributed by atoms with E-state index in [-0.39, 0.29) is 11.4 Å². The maximum atomic E-state index is 12.4. The Labute approximate surface area is 120 Å². The van der Waals surface area contributed by atoms with Crippen molar-refractivity contribution in [1.82, 2.24) is 4.98 Å². The number of benzene rings is 1. The number of nitrogens with two attached hydrogens (primary N) is 1. The zero-order valence-corrected chi connectivity index (χ0v) is 11.5. The van der Waals surface area contributed by atoms with E-state index in [1.54, 1.807) is 12.1 Å². The summed E-state index contributed by atoms with van der Waals surface area (Å²) >= 11 is 3.09. The molecular formula is C12H9BrF3N3O. The highest BCUT2D eigenvalue weighted by molar-refractivity contribution is 9.10. The van der Waals surface area contributed by atoms with E-state index in [2.05, 4.69) is 31.0 Å². The Bertz CT molecular complexity index is 602. The number of anilines is 3. The standard InChI is InChI=1S/C12H9BrF3N3O/c13-7-1-3-9(10(5-7)20-12(14,15)16)19-8-2-4-11(17)18-6-8/h1-6,19H,(H2,17,18). The second kappa shape index (κ2) is 5.58. The number of alkyl halides is 3. The fourth-order valence-corrected chi connectivity index (χ4v) is 1.78. The van der Waals surface area contributed by atoms with Crippen LogP contribution in [-0.4, -0.2) is 11.3 Å². The van der Waals surface area contributed by atoms with Crippen LogP contribution in [0.2, 0.25) is 0 Å². The molecule has 0 unspecified atom stereocenters.